The largest absolute Gasteiger partial charge is 0.494 e. The molecule has 1 unspecified atom stereocenters. The molecule has 2 aromatic heterocycles. The Bertz CT molecular complexity index is 1130. The second-order valence-corrected chi connectivity index (χ2v) is 7.93. The van der Waals surface area contributed by atoms with Gasteiger partial charge in [-0.25, -0.2) is 4.98 Å². The van der Waals surface area contributed by atoms with Gasteiger partial charge in [-0.15, -0.1) is 11.3 Å². The van der Waals surface area contributed by atoms with Crippen molar-refractivity contribution in [3.63, 3.8) is 0 Å². The van der Waals surface area contributed by atoms with E-state index in [-0.39, 0.29) is 6.61 Å². The van der Waals surface area contributed by atoms with Gasteiger partial charge < -0.3 is 18.9 Å². The van der Waals surface area contributed by atoms with Gasteiger partial charge in [0.15, 0.2) is 11.9 Å². The van der Waals surface area contributed by atoms with Crippen molar-refractivity contribution in [1.82, 2.24) is 20.8 Å². The number of thiophene rings is 1. The molecule has 0 aliphatic heterocycles. The number of carbonyl (C=O) groups is 2. The molecule has 0 saturated carbocycles. The van der Waals surface area contributed by atoms with Crippen LogP contribution in [0.15, 0.2) is 24.3 Å². The fourth-order valence-electron chi connectivity index (χ4n) is 3.02. The van der Waals surface area contributed by atoms with Crippen molar-refractivity contribution in [3.8, 4) is 17.4 Å². The zero-order valence-corrected chi connectivity index (χ0v) is 19.9. The maximum absolute atomic E-state index is 12.7. The van der Waals surface area contributed by atoms with Crippen LogP contribution in [0, 0.1) is 6.92 Å². The van der Waals surface area contributed by atoms with Crippen LogP contribution in [0.1, 0.15) is 34.9 Å². The van der Waals surface area contributed by atoms with E-state index in [1.54, 1.807) is 45.2 Å². The topological polar surface area (TPSA) is 121 Å². The van der Waals surface area contributed by atoms with Crippen LogP contribution in [0.2, 0.25) is 0 Å². The number of rotatable bonds is 9. The van der Waals surface area contributed by atoms with Crippen molar-refractivity contribution in [2.75, 3.05) is 20.8 Å². The van der Waals surface area contributed by atoms with E-state index in [4.69, 9.17) is 18.9 Å². The lowest BCUT2D eigenvalue weighted by Gasteiger charge is -2.15. The number of hydrazine groups is 1. The highest BCUT2D eigenvalue weighted by Gasteiger charge is 2.22. The minimum atomic E-state index is -0.839. The number of hydrogen-bond donors (Lipinski definition) is 2. The molecule has 0 aliphatic rings. The first-order valence-electron chi connectivity index (χ1n) is 10.2. The van der Waals surface area contributed by atoms with E-state index in [9.17, 15) is 9.59 Å². The van der Waals surface area contributed by atoms with Crippen LogP contribution >= 0.6 is 11.3 Å². The number of aryl methyl sites for hydroxylation is 1. The first-order chi connectivity index (χ1) is 15.9. The standard InChI is InChI=1S/C22H26N4O6S/c1-6-31-14-7-9-15(10-8-14)32-13(3)19(27)25-26-20(28)18-12(2)17-21(30-5)23-16(11-29-4)24-22(17)33-18/h7-10,13H,6,11H2,1-5H3,(H,25,27)(H,26,28). The summed E-state index contributed by atoms with van der Waals surface area (Å²) in [5.74, 6) is 1.04. The molecule has 3 aromatic rings. The number of benzene rings is 1. The normalized spacial score (nSPS) is 11.7. The lowest BCUT2D eigenvalue weighted by Crippen LogP contribution is -2.47. The van der Waals surface area contributed by atoms with Crippen LogP contribution in [-0.4, -0.2) is 48.7 Å². The van der Waals surface area contributed by atoms with Gasteiger partial charge in [0.25, 0.3) is 11.8 Å². The van der Waals surface area contributed by atoms with Crippen LogP contribution in [-0.2, 0) is 16.1 Å². The van der Waals surface area contributed by atoms with Crippen molar-refractivity contribution >= 4 is 33.4 Å². The summed E-state index contributed by atoms with van der Waals surface area (Å²) in [5, 5.41) is 0.644. The third-order valence-corrected chi connectivity index (χ3v) is 5.78. The SMILES string of the molecule is CCOc1ccc(OC(C)C(=O)NNC(=O)c2sc3nc(COC)nc(OC)c3c2C)cc1. The van der Waals surface area contributed by atoms with Gasteiger partial charge in [-0.2, -0.15) is 4.98 Å². The third kappa shape index (κ3) is 5.68. The Balaban J connectivity index is 1.65. The number of fused-ring (bicyclic) bond motifs is 1. The number of nitrogens with zero attached hydrogens (tertiary/aromatic N) is 2. The summed E-state index contributed by atoms with van der Waals surface area (Å²) in [4.78, 5) is 34.9. The quantitative estimate of drug-likeness (QED) is 0.454. The average molecular weight is 475 g/mol. The fraction of sp³-hybridized carbons (Fsp3) is 0.364. The third-order valence-electron chi connectivity index (χ3n) is 4.59. The number of ether oxygens (including phenoxy) is 4. The highest BCUT2D eigenvalue weighted by molar-refractivity contribution is 7.20. The summed E-state index contributed by atoms with van der Waals surface area (Å²) in [7, 11) is 3.04. The minimum Gasteiger partial charge on any atom is -0.494 e. The summed E-state index contributed by atoms with van der Waals surface area (Å²) in [5.41, 5.74) is 5.48. The molecule has 176 valence electrons. The molecule has 0 aliphatic carbocycles. The molecule has 1 aromatic carbocycles. The first-order valence-corrected chi connectivity index (χ1v) is 11.0. The minimum absolute atomic E-state index is 0.215. The van der Waals surface area contributed by atoms with Crippen molar-refractivity contribution in [2.45, 2.75) is 33.5 Å². The van der Waals surface area contributed by atoms with E-state index < -0.39 is 17.9 Å². The molecule has 33 heavy (non-hydrogen) atoms. The zero-order valence-electron chi connectivity index (χ0n) is 19.1. The first kappa shape index (κ1) is 24.2. The predicted octanol–water partition coefficient (Wildman–Crippen LogP) is 2.78. The molecule has 11 heteroatoms. The van der Waals surface area contributed by atoms with Crippen LogP contribution in [0.4, 0.5) is 0 Å². The number of methoxy groups -OCH3 is 2. The van der Waals surface area contributed by atoms with Gasteiger partial charge in [-0.3, -0.25) is 20.4 Å². The molecule has 0 fully saturated rings. The Hall–Kier alpha value is -3.44. The fourth-order valence-corrected chi connectivity index (χ4v) is 4.10. The second kappa shape index (κ2) is 10.9. The number of amides is 2. The monoisotopic (exact) mass is 474 g/mol. The predicted molar refractivity (Wildman–Crippen MR) is 123 cm³/mol. The van der Waals surface area contributed by atoms with E-state index in [2.05, 4.69) is 20.8 Å². The van der Waals surface area contributed by atoms with Gasteiger partial charge in [0.2, 0.25) is 5.88 Å². The van der Waals surface area contributed by atoms with E-state index in [0.29, 0.717) is 50.5 Å². The molecule has 2 heterocycles. The van der Waals surface area contributed by atoms with Crippen LogP contribution in [0.5, 0.6) is 17.4 Å². The number of aromatic nitrogens is 2. The molecule has 1 atom stereocenters. The lowest BCUT2D eigenvalue weighted by molar-refractivity contribution is -0.128. The zero-order chi connectivity index (χ0) is 24.0. The molecular weight excluding hydrogens is 448 g/mol. The lowest BCUT2D eigenvalue weighted by atomic mass is 10.2. The Morgan fingerprint density at radius 3 is 2.42 bits per heavy atom. The molecule has 0 bridgehead atoms. The maximum atomic E-state index is 12.7. The van der Waals surface area contributed by atoms with Crippen LogP contribution < -0.4 is 25.1 Å². The number of nitrogens with one attached hydrogen (secondary N) is 2. The smallest absolute Gasteiger partial charge is 0.280 e. The highest BCUT2D eigenvalue weighted by Crippen LogP contribution is 2.35. The van der Waals surface area contributed by atoms with Gasteiger partial charge >= 0.3 is 0 Å². The Labute approximate surface area is 195 Å². The molecule has 10 nitrogen and oxygen atoms in total. The van der Waals surface area contributed by atoms with E-state index in [0.717, 1.165) is 0 Å². The summed E-state index contributed by atoms with van der Waals surface area (Å²) in [6, 6.07) is 6.93. The van der Waals surface area contributed by atoms with Gasteiger partial charge in [-0.1, -0.05) is 0 Å². The van der Waals surface area contributed by atoms with E-state index >= 15 is 0 Å². The van der Waals surface area contributed by atoms with Crippen LogP contribution in [0.25, 0.3) is 10.2 Å². The Kier molecular flexibility index (Phi) is 8.01. The van der Waals surface area contributed by atoms with Crippen molar-refractivity contribution < 1.29 is 28.5 Å². The molecule has 0 radical (unpaired) electrons. The molecule has 2 N–H and O–H groups in total. The molecular formula is C22H26N4O6S. The second-order valence-electron chi connectivity index (χ2n) is 6.93. The van der Waals surface area contributed by atoms with Gasteiger partial charge in [0.05, 0.1) is 24.0 Å². The Morgan fingerprint density at radius 1 is 1.09 bits per heavy atom. The van der Waals surface area contributed by atoms with Crippen molar-refractivity contribution in [2.24, 2.45) is 0 Å². The van der Waals surface area contributed by atoms with Crippen molar-refractivity contribution in [1.29, 1.82) is 0 Å². The van der Waals surface area contributed by atoms with Gasteiger partial charge in [0, 0.05) is 7.11 Å². The molecule has 3 rings (SSSR count). The Morgan fingerprint density at radius 2 is 1.79 bits per heavy atom. The summed E-state index contributed by atoms with van der Waals surface area (Å²) >= 11 is 1.18. The summed E-state index contributed by atoms with van der Waals surface area (Å²) in [6.45, 7) is 6.03. The van der Waals surface area contributed by atoms with Gasteiger partial charge in [-0.05, 0) is 50.6 Å². The van der Waals surface area contributed by atoms with Crippen molar-refractivity contribution in [3.05, 3.63) is 40.5 Å². The molecule has 0 spiro atoms. The number of carbonyl (C=O) groups excluding carboxylic acids is 2. The van der Waals surface area contributed by atoms with E-state index in [1.807, 2.05) is 6.92 Å². The summed E-state index contributed by atoms with van der Waals surface area (Å²) in [6.07, 6.45) is -0.839. The van der Waals surface area contributed by atoms with E-state index in [1.165, 1.54) is 18.4 Å². The van der Waals surface area contributed by atoms with Gasteiger partial charge in [0.1, 0.15) is 22.9 Å². The number of hydrogen-bond acceptors (Lipinski definition) is 9. The summed E-state index contributed by atoms with van der Waals surface area (Å²) < 4.78 is 21.5. The highest BCUT2D eigenvalue weighted by atomic mass is 32.1. The average Bonchev–Trinajstić information content (AvgIpc) is 3.14. The molecule has 0 saturated heterocycles. The van der Waals surface area contributed by atoms with Crippen LogP contribution in [0.3, 0.4) is 0 Å². The maximum Gasteiger partial charge on any atom is 0.280 e. The molecule has 2 amide bonds.